The summed E-state index contributed by atoms with van der Waals surface area (Å²) in [6.07, 6.45) is 3.26. The predicted octanol–water partition coefficient (Wildman–Crippen LogP) is -0.356. The van der Waals surface area contributed by atoms with Crippen LogP contribution in [-0.4, -0.2) is 24.8 Å². The number of hydrogen-bond acceptors (Lipinski definition) is 3. The van der Waals surface area contributed by atoms with Gasteiger partial charge in [0.1, 0.15) is 0 Å². The quantitative estimate of drug-likeness (QED) is 0.572. The van der Waals surface area contributed by atoms with Crippen LogP contribution in [0.1, 0.15) is 19.3 Å². The van der Waals surface area contributed by atoms with Crippen molar-refractivity contribution in [2.45, 2.75) is 19.3 Å². The highest BCUT2D eigenvalue weighted by Crippen LogP contribution is 2.03. The molecule has 11 heavy (non-hydrogen) atoms. The summed E-state index contributed by atoms with van der Waals surface area (Å²) < 4.78 is 0. The average molecular weight is 155 g/mol. The maximum absolute atomic E-state index is 10.3. The molecule has 0 radical (unpaired) electrons. The van der Waals surface area contributed by atoms with Gasteiger partial charge in [0, 0.05) is 13.0 Å². The minimum atomic E-state index is -0.335. The standard InChI is InChI=1S/C7H13N3O/c8-6(11)5-10-7-3-1-2-4-9-7/h1-5H2,(H2,8,11)(H,9,10). The van der Waals surface area contributed by atoms with Gasteiger partial charge in [0.15, 0.2) is 0 Å². The summed E-state index contributed by atoms with van der Waals surface area (Å²) in [4.78, 5) is 14.5. The number of carbonyl (C=O) groups excluding carboxylic acids is 1. The normalized spacial score (nSPS) is 17.3. The minimum absolute atomic E-state index is 0.207. The second-order valence-corrected chi connectivity index (χ2v) is 2.61. The van der Waals surface area contributed by atoms with Crippen LogP contribution in [0.15, 0.2) is 4.99 Å². The van der Waals surface area contributed by atoms with Crippen LogP contribution in [0.5, 0.6) is 0 Å². The topological polar surface area (TPSA) is 67.5 Å². The molecule has 0 unspecified atom stereocenters. The Kier molecular flexibility index (Phi) is 2.89. The summed E-state index contributed by atoms with van der Waals surface area (Å²) in [5, 5.41) is 2.90. The highest BCUT2D eigenvalue weighted by Gasteiger charge is 2.04. The van der Waals surface area contributed by atoms with E-state index in [1.807, 2.05) is 0 Å². The summed E-state index contributed by atoms with van der Waals surface area (Å²) in [5.74, 6) is 0.591. The van der Waals surface area contributed by atoms with Gasteiger partial charge in [0.2, 0.25) is 5.91 Å². The highest BCUT2D eigenvalue weighted by molar-refractivity contribution is 5.87. The van der Waals surface area contributed by atoms with E-state index in [0.29, 0.717) is 0 Å². The van der Waals surface area contributed by atoms with Gasteiger partial charge in [-0.2, -0.15) is 0 Å². The number of rotatable bonds is 2. The summed E-state index contributed by atoms with van der Waals surface area (Å²) in [6.45, 7) is 1.08. The van der Waals surface area contributed by atoms with Gasteiger partial charge < -0.3 is 11.1 Å². The Morgan fingerprint density at radius 3 is 3.00 bits per heavy atom. The zero-order chi connectivity index (χ0) is 8.10. The van der Waals surface area contributed by atoms with Crippen molar-refractivity contribution in [1.82, 2.24) is 5.32 Å². The van der Waals surface area contributed by atoms with E-state index in [2.05, 4.69) is 10.3 Å². The molecule has 0 aromatic carbocycles. The molecule has 1 aliphatic rings. The van der Waals surface area contributed by atoms with Crippen LogP contribution in [0, 0.1) is 0 Å². The first-order chi connectivity index (χ1) is 5.29. The summed E-state index contributed by atoms with van der Waals surface area (Å²) in [7, 11) is 0. The Morgan fingerprint density at radius 2 is 2.45 bits per heavy atom. The van der Waals surface area contributed by atoms with Gasteiger partial charge in [-0.1, -0.05) is 0 Å². The minimum Gasteiger partial charge on any atom is -0.368 e. The van der Waals surface area contributed by atoms with E-state index < -0.39 is 0 Å². The molecule has 0 bridgehead atoms. The maximum Gasteiger partial charge on any atom is 0.236 e. The number of primary amides is 1. The fourth-order valence-electron chi connectivity index (χ4n) is 1.03. The molecule has 0 aromatic rings. The number of aliphatic imine (C=N–C) groups is 1. The van der Waals surface area contributed by atoms with Crippen molar-refractivity contribution in [3.05, 3.63) is 0 Å². The van der Waals surface area contributed by atoms with Gasteiger partial charge >= 0.3 is 0 Å². The lowest BCUT2D eigenvalue weighted by Gasteiger charge is -2.12. The zero-order valence-electron chi connectivity index (χ0n) is 6.47. The number of nitrogens with two attached hydrogens (primary N) is 1. The van der Waals surface area contributed by atoms with Crippen LogP contribution in [0.4, 0.5) is 0 Å². The van der Waals surface area contributed by atoms with Gasteiger partial charge in [-0.15, -0.1) is 0 Å². The molecule has 0 atom stereocenters. The van der Waals surface area contributed by atoms with Gasteiger partial charge in [-0.25, -0.2) is 0 Å². The van der Waals surface area contributed by atoms with Crippen molar-refractivity contribution in [2.24, 2.45) is 10.7 Å². The van der Waals surface area contributed by atoms with Gasteiger partial charge in [-0.3, -0.25) is 9.79 Å². The van der Waals surface area contributed by atoms with Gasteiger partial charge in [0.05, 0.1) is 12.4 Å². The number of nitrogens with one attached hydrogen (secondary N) is 1. The van der Waals surface area contributed by atoms with Crippen molar-refractivity contribution in [1.29, 1.82) is 0 Å². The Labute approximate surface area is 65.9 Å². The lowest BCUT2D eigenvalue weighted by Crippen LogP contribution is -2.34. The van der Waals surface area contributed by atoms with Crippen molar-refractivity contribution < 1.29 is 4.79 Å². The molecule has 3 N–H and O–H groups in total. The third kappa shape index (κ3) is 3.02. The molecule has 0 saturated carbocycles. The van der Waals surface area contributed by atoms with Crippen LogP contribution in [0.3, 0.4) is 0 Å². The molecule has 0 fully saturated rings. The number of hydrogen-bond donors (Lipinski definition) is 2. The van der Waals surface area contributed by atoms with Crippen molar-refractivity contribution >= 4 is 11.7 Å². The van der Waals surface area contributed by atoms with Gasteiger partial charge in [0.25, 0.3) is 0 Å². The first-order valence-corrected chi connectivity index (χ1v) is 3.84. The van der Waals surface area contributed by atoms with Gasteiger partial charge in [-0.05, 0) is 12.8 Å². The molecule has 0 aliphatic carbocycles. The molecular formula is C7H13N3O. The summed E-state index contributed by atoms with van der Waals surface area (Å²) >= 11 is 0. The molecule has 1 aliphatic heterocycles. The monoisotopic (exact) mass is 155 g/mol. The largest absolute Gasteiger partial charge is 0.368 e. The number of nitrogens with zero attached hydrogens (tertiary/aromatic N) is 1. The Morgan fingerprint density at radius 1 is 1.64 bits per heavy atom. The third-order valence-corrected chi connectivity index (χ3v) is 1.59. The molecule has 0 spiro atoms. The van der Waals surface area contributed by atoms with Crippen LogP contribution in [0.2, 0.25) is 0 Å². The first kappa shape index (κ1) is 8.04. The van der Waals surface area contributed by atoms with Crippen LogP contribution < -0.4 is 11.1 Å². The fourth-order valence-corrected chi connectivity index (χ4v) is 1.03. The molecule has 0 saturated heterocycles. The first-order valence-electron chi connectivity index (χ1n) is 3.84. The second-order valence-electron chi connectivity index (χ2n) is 2.61. The molecule has 1 heterocycles. The Balaban J connectivity index is 2.24. The summed E-state index contributed by atoms with van der Waals surface area (Å²) in [6, 6.07) is 0. The van der Waals surface area contributed by atoms with Crippen LogP contribution in [-0.2, 0) is 4.79 Å². The van der Waals surface area contributed by atoms with E-state index in [1.54, 1.807) is 0 Å². The second kappa shape index (κ2) is 3.95. The summed E-state index contributed by atoms with van der Waals surface area (Å²) in [5.41, 5.74) is 4.95. The average Bonchev–Trinajstić information content (AvgIpc) is 2.03. The lowest BCUT2D eigenvalue weighted by molar-refractivity contribution is -0.116. The number of carbonyl (C=O) groups is 1. The van der Waals surface area contributed by atoms with Crippen molar-refractivity contribution in [2.75, 3.05) is 13.1 Å². The van der Waals surface area contributed by atoms with E-state index in [0.717, 1.165) is 31.6 Å². The zero-order valence-corrected chi connectivity index (χ0v) is 6.47. The van der Waals surface area contributed by atoms with E-state index in [4.69, 9.17) is 5.73 Å². The Bertz CT molecular complexity index is 177. The van der Waals surface area contributed by atoms with Crippen LogP contribution >= 0.6 is 0 Å². The smallest absolute Gasteiger partial charge is 0.236 e. The number of amides is 1. The van der Waals surface area contributed by atoms with E-state index in [1.165, 1.54) is 0 Å². The molecule has 1 rings (SSSR count). The number of amidine groups is 1. The molecule has 4 nitrogen and oxygen atoms in total. The van der Waals surface area contributed by atoms with Crippen LogP contribution in [0.25, 0.3) is 0 Å². The van der Waals surface area contributed by atoms with E-state index in [9.17, 15) is 4.79 Å². The Hall–Kier alpha value is -1.06. The van der Waals surface area contributed by atoms with Crippen molar-refractivity contribution in [3.8, 4) is 0 Å². The van der Waals surface area contributed by atoms with Crippen molar-refractivity contribution in [3.63, 3.8) is 0 Å². The maximum atomic E-state index is 10.3. The highest BCUT2D eigenvalue weighted by atomic mass is 16.1. The third-order valence-electron chi connectivity index (χ3n) is 1.59. The SMILES string of the molecule is NC(=O)CNC1=NCCCC1. The molecule has 0 aromatic heterocycles. The van der Waals surface area contributed by atoms with E-state index >= 15 is 0 Å². The molecule has 1 amide bonds. The van der Waals surface area contributed by atoms with E-state index in [-0.39, 0.29) is 12.5 Å². The predicted molar refractivity (Wildman–Crippen MR) is 43.4 cm³/mol. The fraction of sp³-hybridized carbons (Fsp3) is 0.714. The molecule has 4 heteroatoms. The molecular weight excluding hydrogens is 142 g/mol. The lowest BCUT2D eigenvalue weighted by atomic mass is 10.2. The molecule has 62 valence electrons.